The Morgan fingerprint density at radius 1 is 1.38 bits per heavy atom. The van der Waals surface area contributed by atoms with Gasteiger partial charge in [-0.05, 0) is 31.6 Å². The monoisotopic (exact) mass is 300 g/mol. The molecular weight excluding hydrogens is 277 g/mol. The number of alkyl halides is 2. The molecule has 0 atom stereocenters. The van der Waals surface area contributed by atoms with Crippen molar-refractivity contribution in [3.05, 3.63) is 35.7 Å². The minimum atomic E-state index is -2.84. The summed E-state index contributed by atoms with van der Waals surface area (Å²) in [6, 6.07) is 0. The number of hydrogen-bond acceptors (Lipinski definition) is 2. The molecule has 0 radical (unpaired) electrons. The molecule has 2 nitrogen and oxygen atoms in total. The third-order valence-corrected chi connectivity index (χ3v) is 4.13. The maximum Gasteiger partial charge on any atom is 0.249 e. The molecule has 0 bridgehead atoms. The first-order chi connectivity index (χ1) is 9.73. The molecule has 2 aliphatic heterocycles. The van der Waals surface area contributed by atoms with E-state index in [0.717, 1.165) is 44.8 Å². The van der Waals surface area contributed by atoms with E-state index in [1.807, 2.05) is 0 Å². The molecule has 0 saturated carbocycles. The zero-order valence-electron chi connectivity index (χ0n) is 12.7. The van der Waals surface area contributed by atoms with E-state index in [1.165, 1.54) is 6.08 Å². The smallest absolute Gasteiger partial charge is 0.249 e. The Labute approximate surface area is 124 Å². The average Bonchev–Trinajstić information content (AvgIpc) is 2.27. The van der Waals surface area contributed by atoms with Crippen molar-refractivity contribution in [3.63, 3.8) is 0 Å². The second kappa shape index (κ2) is 5.97. The molecule has 0 aromatic carbocycles. The number of halogens is 3. The molecule has 2 rings (SSSR count). The Kier molecular flexibility index (Phi) is 4.63. The number of hydrogen-bond donors (Lipinski definition) is 1. The van der Waals surface area contributed by atoms with E-state index in [2.05, 4.69) is 16.8 Å². The van der Waals surface area contributed by atoms with Crippen LogP contribution >= 0.6 is 0 Å². The summed E-state index contributed by atoms with van der Waals surface area (Å²) in [6.07, 6.45) is 1.78. The number of nitrogens with zero attached hydrogens (tertiary/aromatic N) is 1. The minimum Gasteiger partial charge on any atom is -0.315 e. The van der Waals surface area contributed by atoms with Crippen molar-refractivity contribution >= 4 is 0 Å². The van der Waals surface area contributed by atoms with Gasteiger partial charge in [-0.25, -0.2) is 13.2 Å². The van der Waals surface area contributed by atoms with E-state index in [1.54, 1.807) is 6.92 Å². The van der Waals surface area contributed by atoms with Crippen LogP contribution in [0.3, 0.4) is 0 Å². The van der Waals surface area contributed by atoms with Crippen molar-refractivity contribution < 1.29 is 13.2 Å². The molecule has 21 heavy (non-hydrogen) atoms. The Morgan fingerprint density at radius 3 is 2.43 bits per heavy atom. The van der Waals surface area contributed by atoms with Crippen LogP contribution < -0.4 is 5.32 Å². The molecule has 2 saturated heterocycles. The molecule has 0 amide bonds. The number of likely N-dealkylation sites (tertiary alicyclic amines) is 1. The largest absolute Gasteiger partial charge is 0.315 e. The summed E-state index contributed by atoms with van der Waals surface area (Å²) in [5, 5.41) is 3.26. The van der Waals surface area contributed by atoms with Crippen molar-refractivity contribution in [2.24, 2.45) is 5.41 Å². The lowest BCUT2D eigenvalue weighted by Crippen LogP contribution is -2.71. The summed E-state index contributed by atoms with van der Waals surface area (Å²) >= 11 is 0. The van der Waals surface area contributed by atoms with Gasteiger partial charge in [0, 0.05) is 44.6 Å². The number of rotatable bonds is 6. The molecule has 0 aromatic rings. The standard InChI is InChI=1S/C16H23F3N2/c1-4-14(17)5-13(6-15(3,18)19)12(2)7-21-10-16(11-21)8-20-9-16/h4-5,20H,1,6-11H2,2-3H3/b13-12-,14-5+. The maximum absolute atomic E-state index is 13.4. The topological polar surface area (TPSA) is 15.3 Å². The molecule has 2 heterocycles. The highest BCUT2D eigenvalue weighted by Gasteiger charge is 2.47. The van der Waals surface area contributed by atoms with Gasteiger partial charge in [-0.1, -0.05) is 12.2 Å². The van der Waals surface area contributed by atoms with Gasteiger partial charge in [0.05, 0.1) is 0 Å². The van der Waals surface area contributed by atoms with E-state index in [-0.39, 0.29) is 0 Å². The predicted octanol–water partition coefficient (Wildman–Crippen LogP) is 3.29. The van der Waals surface area contributed by atoms with Gasteiger partial charge in [0.1, 0.15) is 5.83 Å². The van der Waals surface area contributed by atoms with Crippen LogP contribution in [0, 0.1) is 5.41 Å². The minimum absolute atomic E-state index is 0.368. The first-order valence-corrected chi connectivity index (χ1v) is 7.22. The van der Waals surface area contributed by atoms with Crippen LogP contribution in [0.25, 0.3) is 0 Å². The third-order valence-electron chi connectivity index (χ3n) is 4.13. The first-order valence-electron chi connectivity index (χ1n) is 7.22. The van der Waals surface area contributed by atoms with Gasteiger partial charge in [-0.15, -0.1) is 0 Å². The second-order valence-corrected chi connectivity index (χ2v) is 6.53. The lowest BCUT2D eigenvalue weighted by Gasteiger charge is -2.56. The van der Waals surface area contributed by atoms with Crippen LogP contribution in [-0.2, 0) is 0 Å². The fourth-order valence-corrected chi connectivity index (χ4v) is 3.04. The fourth-order valence-electron chi connectivity index (χ4n) is 3.04. The summed E-state index contributed by atoms with van der Waals surface area (Å²) in [5.41, 5.74) is 1.57. The third kappa shape index (κ3) is 4.20. The average molecular weight is 300 g/mol. The Balaban J connectivity index is 2.03. The molecule has 1 N–H and O–H groups in total. The molecular formula is C16H23F3N2. The summed E-state index contributed by atoms with van der Waals surface area (Å²) in [7, 11) is 0. The van der Waals surface area contributed by atoms with Crippen LogP contribution in [0.15, 0.2) is 35.7 Å². The quantitative estimate of drug-likeness (QED) is 0.757. The van der Waals surface area contributed by atoms with Crippen molar-refractivity contribution in [1.29, 1.82) is 0 Å². The zero-order chi connectivity index (χ0) is 15.7. The van der Waals surface area contributed by atoms with Gasteiger partial charge in [-0.2, -0.15) is 0 Å². The van der Waals surface area contributed by atoms with Gasteiger partial charge < -0.3 is 5.32 Å². The van der Waals surface area contributed by atoms with E-state index < -0.39 is 18.2 Å². The molecule has 0 aliphatic carbocycles. The highest BCUT2D eigenvalue weighted by Crippen LogP contribution is 2.35. The Hall–Kier alpha value is -1.07. The molecule has 2 aliphatic rings. The highest BCUT2D eigenvalue weighted by atomic mass is 19.3. The number of allylic oxidation sites excluding steroid dienone is 4. The van der Waals surface area contributed by atoms with Crippen LogP contribution in [-0.4, -0.2) is 43.5 Å². The van der Waals surface area contributed by atoms with Crippen LogP contribution in [0.5, 0.6) is 0 Å². The summed E-state index contributed by atoms with van der Waals surface area (Å²) in [5.74, 6) is -3.42. The van der Waals surface area contributed by atoms with Gasteiger partial charge in [0.2, 0.25) is 5.92 Å². The molecule has 2 fully saturated rings. The van der Waals surface area contributed by atoms with Gasteiger partial charge >= 0.3 is 0 Å². The predicted molar refractivity (Wildman–Crippen MR) is 79.1 cm³/mol. The Morgan fingerprint density at radius 2 is 2.00 bits per heavy atom. The lowest BCUT2D eigenvalue weighted by atomic mass is 9.74. The number of nitrogens with one attached hydrogen (secondary N) is 1. The van der Waals surface area contributed by atoms with Gasteiger partial charge in [0.15, 0.2) is 0 Å². The summed E-state index contributed by atoms with van der Waals surface area (Å²) in [6.45, 7) is 10.7. The maximum atomic E-state index is 13.4. The van der Waals surface area contributed by atoms with Crippen molar-refractivity contribution in [2.75, 3.05) is 32.7 Å². The molecule has 118 valence electrons. The van der Waals surface area contributed by atoms with Gasteiger partial charge in [-0.3, -0.25) is 4.90 Å². The SMILES string of the molecule is C=C/C(F)=C\C(CC(C)(F)F)=C(/C)CN1CC2(CNC2)C1. The van der Waals surface area contributed by atoms with Crippen LogP contribution in [0.1, 0.15) is 20.3 Å². The summed E-state index contributed by atoms with van der Waals surface area (Å²) < 4.78 is 39.9. The summed E-state index contributed by atoms with van der Waals surface area (Å²) in [4.78, 5) is 2.23. The van der Waals surface area contributed by atoms with E-state index in [9.17, 15) is 13.2 Å². The van der Waals surface area contributed by atoms with Crippen LogP contribution in [0.4, 0.5) is 13.2 Å². The molecule has 1 spiro atoms. The van der Waals surface area contributed by atoms with Crippen molar-refractivity contribution in [2.45, 2.75) is 26.2 Å². The highest BCUT2D eigenvalue weighted by molar-refractivity contribution is 5.31. The van der Waals surface area contributed by atoms with Crippen LogP contribution in [0.2, 0.25) is 0 Å². The van der Waals surface area contributed by atoms with Crippen molar-refractivity contribution in [3.8, 4) is 0 Å². The van der Waals surface area contributed by atoms with E-state index >= 15 is 0 Å². The normalized spacial score (nSPS) is 23.4. The van der Waals surface area contributed by atoms with Gasteiger partial charge in [0.25, 0.3) is 0 Å². The van der Waals surface area contributed by atoms with E-state index in [4.69, 9.17) is 0 Å². The molecule has 0 unspecified atom stereocenters. The first kappa shape index (κ1) is 16.3. The molecule has 0 aromatic heterocycles. The van der Waals surface area contributed by atoms with Crippen molar-refractivity contribution in [1.82, 2.24) is 10.2 Å². The van der Waals surface area contributed by atoms with E-state index in [0.29, 0.717) is 17.5 Å². The second-order valence-electron chi connectivity index (χ2n) is 6.53. The lowest BCUT2D eigenvalue weighted by molar-refractivity contribution is -0.0336. The fraction of sp³-hybridized carbons (Fsp3) is 0.625. The Bertz CT molecular complexity index is 462. The zero-order valence-corrected chi connectivity index (χ0v) is 12.7. The molecule has 5 heteroatoms.